The first-order chi connectivity index (χ1) is 9.13. The van der Waals surface area contributed by atoms with Gasteiger partial charge in [-0.05, 0) is 52.7 Å². The summed E-state index contributed by atoms with van der Waals surface area (Å²) in [5.74, 6) is 1.69. The second kappa shape index (κ2) is 5.12. The molecule has 0 spiro atoms. The van der Waals surface area contributed by atoms with E-state index in [1.807, 2.05) is 6.20 Å². The minimum atomic E-state index is 0.614. The van der Waals surface area contributed by atoms with E-state index in [1.54, 1.807) is 0 Å². The van der Waals surface area contributed by atoms with Gasteiger partial charge in [-0.15, -0.1) is 0 Å². The molecule has 1 saturated carbocycles. The van der Waals surface area contributed by atoms with Gasteiger partial charge in [-0.3, -0.25) is 4.98 Å². The van der Waals surface area contributed by atoms with Crippen LogP contribution in [0.2, 0.25) is 0 Å². The molecule has 0 unspecified atom stereocenters. The normalized spacial score (nSPS) is 22.5. The number of para-hydroxylation sites is 1. The molecule has 0 atom stereocenters. The number of nitrogens with zero attached hydrogens (tertiary/aromatic N) is 1. The van der Waals surface area contributed by atoms with Gasteiger partial charge in [0.05, 0.1) is 11.2 Å². The zero-order chi connectivity index (χ0) is 13.4. The van der Waals surface area contributed by atoms with E-state index in [1.165, 1.54) is 18.2 Å². The van der Waals surface area contributed by atoms with Gasteiger partial charge in [0, 0.05) is 22.1 Å². The zero-order valence-corrected chi connectivity index (χ0v) is 12.9. The fraction of sp³-hybridized carbons (Fsp3) is 0.438. The highest BCUT2D eigenvalue weighted by molar-refractivity contribution is 9.10. The van der Waals surface area contributed by atoms with Gasteiger partial charge in [-0.25, -0.2) is 0 Å². The average molecular weight is 319 g/mol. The smallest absolute Gasteiger partial charge is 0.0934 e. The summed E-state index contributed by atoms with van der Waals surface area (Å²) in [6, 6.07) is 9.06. The molecule has 0 saturated heterocycles. The topological polar surface area (TPSA) is 24.9 Å². The molecule has 19 heavy (non-hydrogen) atoms. The monoisotopic (exact) mass is 318 g/mol. The number of hydrogen-bond acceptors (Lipinski definition) is 2. The lowest BCUT2D eigenvalue weighted by Crippen LogP contribution is -2.37. The molecule has 1 fully saturated rings. The van der Waals surface area contributed by atoms with Crippen LogP contribution < -0.4 is 5.32 Å². The lowest BCUT2D eigenvalue weighted by Gasteiger charge is -2.39. The van der Waals surface area contributed by atoms with Crippen LogP contribution in [0.5, 0.6) is 0 Å². The summed E-state index contributed by atoms with van der Waals surface area (Å²) in [5.41, 5.74) is 2.23. The Hall–Kier alpha value is -1.09. The molecule has 100 valence electrons. The van der Waals surface area contributed by atoms with Crippen LogP contribution >= 0.6 is 15.9 Å². The highest BCUT2D eigenvalue weighted by Crippen LogP contribution is 2.36. The van der Waals surface area contributed by atoms with Crippen molar-refractivity contribution >= 4 is 32.5 Å². The molecular formula is C16H19BrN2. The maximum absolute atomic E-state index is 4.54. The Morgan fingerprint density at radius 3 is 2.84 bits per heavy atom. The molecule has 1 heterocycles. The van der Waals surface area contributed by atoms with Crippen LogP contribution in [0.1, 0.15) is 26.7 Å². The molecule has 0 radical (unpaired) electrons. The Balaban J connectivity index is 1.79. The molecule has 2 nitrogen and oxygen atoms in total. The predicted octanol–water partition coefficient (Wildman–Crippen LogP) is 4.84. The van der Waals surface area contributed by atoms with Crippen molar-refractivity contribution in [2.45, 2.75) is 32.7 Å². The van der Waals surface area contributed by atoms with Crippen LogP contribution in [0, 0.1) is 11.8 Å². The first-order valence-electron chi connectivity index (χ1n) is 6.94. The molecule has 3 rings (SSSR count). The number of halogens is 1. The fourth-order valence-corrected chi connectivity index (χ4v) is 3.14. The molecule has 1 aliphatic rings. The van der Waals surface area contributed by atoms with Gasteiger partial charge in [0.15, 0.2) is 0 Å². The average Bonchev–Trinajstić information content (AvgIpc) is 2.32. The number of nitrogens with one attached hydrogen (secondary N) is 1. The second-order valence-electron chi connectivity index (χ2n) is 5.85. The molecule has 1 N–H and O–H groups in total. The van der Waals surface area contributed by atoms with Gasteiger partial charge < -0.3 is 5.32 Å². The molecule has 0 aliphatic heterocycles. The number of benzene rings is 1. The maximum Gasteiger partial charge on any atom is 0.0934 e. The zero-order valence-electron chi connectivity index (χ0n) is 11.4. The van der Waals surface area contributed by atoms with Gasteiger partial charge in [0.25, 0.3) is 0 Å². The van der Waals surface area contributed by atoms with Gasteiger partial charge in [-0.2, -0.15) is 0 Å². The lowest BCUT2D eigenvalue weighted by atomic mass is 9.73. The third-order valence-corrected chi connectivity index (χ3v) is 4.59. The summed E-state index contributed by atoms with van der Waals surface area (Å²) in [4.78, 5) is 4.54. The first kappa shape index (κ1) is 12.9. The SMILES string of the molecule is CC(C)C1CC(Nc2cccc3cc(Br)cnc23)C1. The van der Waals surface area contributed by atoms with Crippen molar-refractivity contribution in [2.75, 3.05) is 5.32 Å². The molecule has 0 bridgehead atoms. The third-order valence-electron chi connectivity index (χ3n) is 4.15. The molecule has 1 aliphatic carbocycles. The Bertz CT molecular complexity index is 588. The van der Waals surface area contributed by atoms with Crippen molar-refractivity contribution in [3.05, 3.63) is 34.9 Å². The van der Waals surface area contributed by atoms with Crippen molar-refractivity contribution in [1.29, 1.82) is 0 Å². The highest BCUT2D eigenvalue weighted by Gasteiger charge is 2.31. The Morgan fingerprint density at radius 2 is 2.11 bits per heavy atom. The third kappa shape index (κ3) is 2.62. The van der Waals surface area contributed by atoms with Crippen LogP contribution in [-0.4, -0.2) is 11.0 Å². The van der Waals surface area contributed by atoms with Crippen molar-refractivity contribution in [1.82, 2.24) is 4.98 Å². The van der Waals surface area contributed by atoms with Gasteiger partial charge in [0.1, 0.15) is 0 Å². The minimum absolute atomic E-state index is 0.614. The molecule has 1 aromatic heterocycles. The van der Waals surface area contributed by atoms with Crippen molar-refractivity contribution in [3.63, 3.8) is 0 Å². The number of hydrogen-bond donors (Lipinski definition) is 1. The van der Waals surface area contributed by atoms with Crippen LogP contribution in [0.25, 0.3) is 10.9 Å². The molecular weight excluding hydrogens is 300 g/mol. The van der Waals surface area contributed by atoms with Crippen molar-refractivity contribution < 1.29 is 0 Å². The van der Waals surface area contributed by atoms with Crippen LogP contribution in [0.4, 0.5) is 5.69 Å². The van der Waals surface area contributed by atoms with Crippen molar-refractivity contribution in [2.24, 2.45) is 11.8 Å². The van der Waals surface area contributed by atoms with Crippen LogP contribution in [0.3, 0.4) is 0 Å². The summed E-state index contributed by atoms with van der Waals surface area (Å²) in [6.45, 7) is 4.63. The standard InChI is InChI=1S/C16H19BrN2/c1-10(2)12-7-14(8-12)19-15-5-3-4-11-6-13(17)9-18-16(11)15/h3-6,9-10,12,14,19H,7-8H2,1-2H3. The Kier molecular flexibility index (Phi) is 3.48. The quantitative estimate of drug-likeness (QED) is 0.875. The number of rotatable bonds is 3. The Labute approximate surface area is 122 Å². The highest BCUT2D eigenvalue weighted by atomic mass is 79.9. The van der Waals surface area contributed by atoms with Crippen LogP contribution in [-0.2, 0) is 0 Å². The first-order valence-corrected chi connectivity index (χ1v) is 7.73. The number of pyridine rings is 1. The molecule has 1 aromatic carbocycles. The van der Waals surface area contributed by atoms with E-state index < -0.39 is 0 Å². The van der Waals surface area contributed by atoms with Gasteiger partial charge in [-0.1, -0.05) is 26.0 Å². The van der Waals surface area contributed by atoms with Crippen molar-refractivity contribution in [3.8, 4) is 0 Å². The molecule has 2 aromatic rings. The van der Waals surface area contributed by atoms with E-state index in [-0.39, 0.29) is 0 Å². The molecule has 0 amide bonds. The second-order valence-corrected chi connectivity index (χ2v) is 6.76. The largest absolute Gasteiger partial charge is 0.381 e. The van der Waals surface area contributed by atoms with E-state index in [0.29, 0.717) is 6.04 Å². The summed E-state index contributed by atoms with van der Waals surface area (Å²) < 4.78 is 1.03. The predicted molar refractivity (Wildman–Crippen MR) is 84.4 cm³/mol. The van der Waals surface area contributed by atoms with E-state index in [4.69, 9.17) is 0 Å². The van der Waals surface area contributed by atoms with Crippen LogP contribution in [0.15, 0.2) is 34.9 Å². The summed E-state index contributed by atoms with van der Waals surface area (Å²) in [5, 5.41) is 4.83. The molecule has 3 heteroatoms. The lowest BCUT2D eigenvalue weighted by molar-refractivity contribution is 0.212. The minimum Gasteiger partial charge on any atom is -0.381 e. The van der Waals surface area contributed by atoms with E-state index in [2.05, 4.69) is 64.3 Å². The van der Waals surface area contributed by atoms with E-state index in [9.17, 15) is 0 Å². The van der Waals surface area contributed by atoms with E-state index >= 15 is 0 Å². The summed E-state index contributed by atoms with van der Waals surface area (Å²) in [7, 11) is 0. The number of fused-ring (bicyclic) bond motifs is 1. The van der Waals surface area contributed by atoms with Gasteiger partial charge >= 0.3 is 0 Å². The van der Waals surface area contributed by atoms with E-state index in [0.717, 1.165) is 27.5 Å². The fourth-order valence-electron chi connectivity index (χ4n) is 2.79. The Morgan fingerprint density at radius 1 is 1.32 bits per heavy atom. The maximum atomic E-state index is 4.54. The van der Waals surface area contributed by atoms with Gasteiger partial charge in [0.2, 0.25) is 0 Å². The summed E-state index contributed by atoms with van der Waals surface area (Å²) in [6.07, 6.45) is 4.43. The number of anilines is 1. The summed E-state index contributed by atoms with van der Waals surface area (Å²) >= 11 is 3.47. The number of aromatic nitrogens is 1.